The molecule has 2 aromatic carbocycles. The second kappa shape index (κ2) is 8.60. The van der Waals surface area contributed by atoms with E-state index in [1.807, 2.05) is 48.5 Å². The van der Waals surface area contributed by atoms with Crippen LogP contribution in [-0.4, -0.2) is 49.4 Å². The van der Waals surface area contributed by atoms with Crippen LogP contribution in [0.2, 0.25) is 0 Å². The lowest BCUT2D eigenvalue weighted by molar-refractivity contribution is -0.121. The molecule has 2 amide bonds. The molecule has 0 spiro atoms. The number of rotatable bonds is 5. The van der Waals surface area contributed by atoms with Gasteiger partial charge in [-0.3, -0.25) is 9.59 Å². The Hall–Kier alpha value is -3.67. The highest BCUT2D eigenvalue weighted by atomic mass is 16.5. The summed E-state index contributed by atoms with van der Waals surface area (Å²) in [6, 6.07) is 15.6. The van der Waals surface area contributed by atoms with Gasteiger partial charge in [-0.15, -0.1) is 0 Å². The summed E-state index contributed by atoms with van der Waals surface area (Å²) in [4.78, 5) is 31.6. The minimum Gasteiger partial charge on any atom is -0.497 e. The van der Waals surface area contributed by atoms with E-state index in [0.29, 0.717) is 5.56 Å². The fraction of sp³-hybridized carbons (Fsp3) is 0.240. The number of likely N-dealkylation sites (N-methyl/N-ethyl adjacent to an activating group) is 2. The third-order valence-electron chi connectivity index (χ3n) is 5.62. The molecule has 0 atom stereocenters. The van der Waals surface area contributed by atoms with Crippen molar-refractivity contribution in [3.05, 3.63) is 70.9 Å². The molecule has 3 aromatic rings. The summed E-state index contributed by atoms with van der Waals surface area (Å²) in [5, 5.41) is 3.39. The van der Waals surface area contributed by atoms with Crippen molar-refractivity contribution >= 4 is 34.4 Å². The number of carbonyl (C=O) groups is 2. The fourth-order valence-electron chi connectivity index (χ4n) is 3.98. The first-order chi connectivity index (χ1) is 15.0. The SMILES string of the molecule is CNC(=O)CN(C)C(=O)c1c2c(nc3ccccc13)/C(=C/c1ccc(OC)cc1)CC2. The molecular formula is C25H25N3O3. The molecular weight excluding hydrogens is 390 g/mol. The number of hydrogen-bond acceptors (Lipinski definition) is 4. The lowest BCUT2D eigenvalue weighted by Crippen LogP contribution is -2.37. The zero-order chi connectivity index (χ0) is 22.0. The summed E-state index contributed by atoms with van der Waals surface area (Å²) in [6.45, 7) is 0.00923. The molecule has 0 bridgehead atoms. The van der Waals surface area contributed by atoms with Gasteiger partial charge in [0.2, 0.25) is 5.91 Å². The molecule has 1 heterocycles. The summed E-state index contributed by atoms with van der Waals surface area (Å²) in [6.07, 6.45) is 3.67. The number of amides is 2. The Morgan fingerprint density at radius 3 is 2.58 bits per heavy atom. The number of methoxy groups -OCH3 is 1. The number of hydrogen-bond donors (Lipinski definition) is 1. The highest BCUT2D eigenvalue weighted by Gasteiger charge is 2.28. The quantitative estimate of drug-likeness (QED) is 0.692. The van der Waals surface area contributed by atoms with Crippen LogP contribution in [0.5, 0.6) is 5.75 Å². The standard InChI is InChI=1S/C25H25N3O3/c1-26-22(29)15-28(2)25(30)23-19-6-4-5-7-21(19)27-24-17(10-13-20(23)24)14-16-8-11-18(31-3)12-9-16/h4-9,11-12,14H,10,13,15H2,1-3H3,(H,26,29)/b17-14+. The van der Waals surface area contributed by atoms with E-state index < -0.39 is 0 Å². The fourth-order valence-corrected chi connectivity index (χ4v) is 3.98. The lowest BCUT2D eigenvalue weighted by atomic mass is 9.99. The number of para-hydroxylation sites is 1. The number of nitrogens with zero attached hydrogens (tertiary/aromatic N) is 2. The topological polar surface area (TPSA) is 71.5 Å². The third kappa shape index (κ3) is 4.01. The van der Waals surface area contributed by atoms with Crippen molar-refractivity contribution in [1.29, 1.82) is 0 Å². The molecule has 0 radical (unpaired) electrons. The van der Waals surface area contributed by atoms with Gasteiger partial charge in [-0.05, 0) is 53.8 Å². The maximum Gasteiger partial charge on any atom is 0.255 e. The van der Waals surface area contributed by atoms with Crippen molar-refractivity contribution in [2.24, 2.45) is 0 Å². The van der Waals surface area contributed by atoms with E-state index in [0.717, 1.165) is 51.9 Å². The van der Waals surface area contributed by atoms with E-state index in [1.165, 1.54) is 4.90 Å². The predicted molar refractivity (Wildman–Crippen MR) is 122 cm³/mol. The van der Waals surface area contributed by atoms with Gasteiger partial charge in [0.1, 0.15) is 5.75 Å². The predicted octanol–water partition coefficient (Wildman–Crippen LogP) is 3.55. The minimum atomic E-state index is -0.203. The highest BCUT2D eigenvalue weighted by molar-refractivity contribution is 6.10. The van der Waals surface area contributed by atoms with Crippen molar-refractivity contribution in [2.75, 3.05) is 27.7 Å². The van der Waals surface area contributed by atoms with E-state index >= 15 is 0 Å². The molecule has 158 valence electrons. The molecule has 1 aliphatic rings. The number of benzene rings is 2. The van der Waals surface area contributed by atoms with Crippen LogP contribution in [0.4, 0.5) is 0 Å². The van der Waals surface area contributed by atoms with Gasteiger partial charge in [0, 0.05) is 19.5 Å². The van der Waals surface area contributed by atoms with Crippen LogP contribution in [0.15, 0.2) is 48.5 Å². The first-order valence-electron chi connectivity index (χ1n) is 10.2. The molecule has 0 aliphatic heterocycles. The van der Waals surface area contributed by atoms with Crippen LogP contribution in [0.25, 0.3) is 22.6 Å². The number of carbonyl (C=O) groups excluding carboxylic acids is 2. The number of nitrogens with one attached hydrogen (secondary N) is 1. The van der Waals surface area contributed by atoms with Crippen LogP contribution < -0.4 is 10.1 Å². The average Bonchev–Trinajstić information content (AvgIpc) is 3.19. The van der Waals surface area contributed by atoms with Crippen molar-refractivity contribution < 1.29 is 14.3 Å². The maximum absolute atomic E-state index is 13.4. The molecule has 0 saturated carbocycles. The van der Waals surface area contributed by atoms with E-state index in [2.05, 4.69) is 11.4 Å². The lowest BCUT2D eigenvalue weighted by Gasteiger charge is -2.19. The monoisotopic (exact) mass is 415 g/mol. The van der Waals surface area contributed by atoms with Gasteiger partial charge in [-0.1, -0.05) is 30.3 Å². The van der Waals surface area contributed by atoms with Crippen molar-refractivity contribution in [1.82, 2.24) is 15.2 Å². The molecule has 0 fully saturated rings. The Morgan fingerprint density at radius 2 is 1.87 bits per heavy atom. The van der Waals surface area contributed by atoms with Crippen molar-refractivity contribution in [3.8, 4) is 5.75 Å². The van der Waals surface area contributed by atoms with Gasteiger partial charge in [0.05, 0.1) is 30.4 Å². The first-order valence-corrected chi connectivity index (χ1v) is 10.2. The summed E-state index contributed by atoms with van der Waals surface area (Å²) >= 11 is 0. The molecule has 1 aliphatic carbocycles. The van der Waals surface area contributed by atoms with Crippen LogP contribution in [-0.2, 0) is 11.2 Å². The maximum atomic E-state index is 13.4. The summed E-state index contributed by atoms with van der Waals surface area (Å²) < 4.78 is 5.24. The van der Waals surface area contributed by atoms with E-state index in [1.54, 1.807) is 21.2 Å². The zero-order valence-electron chi connectivity index (χ0n) is 17.9. The number of allylic oxidation sites excluding steroid dienone is 1. The van der Waals surface area contributed by atoms with Gasteiger partial charge in [0.15, 0.2) is 0 Å². The number of aromatic nitrogens is 1. The smallest absolute Gasteiger partial charge is 0.255 e. The van der Waals surface area contributed by atoms with Gasteiger partial charge in [0.25, 0.3) is 5.91 Å². The van der Waals surface area contributed by atoms with Crippen LogP contribution in [0.1, 0.15) is 33.6 Å². The van der Waals surface area contributed by atoms with Crippen LogP contribution in [0.3, 0.4) is 0 Å². The molecule has 6 heteroatoms. The van der Waals surface area contributed by atoms with Crippen LogP contribution in [0, 0.1) is 0 Å². The molecule has 4 rings (SSSR count). The largest absolute Gasteiger partial charge is 0.497 e. The number of pyridine rings is 1. The molecule has 1 aromatic heterocycles. The Balaban J connectivity index is 1.80. The Kier molecular flexibility index (Phi) is 5.71. The second-order valence-electron chi connectivity index (χ2n) is 7.61. The van der Waals surface area contributed by atoms with Crippen molar-refractivity contribution in [3.63, 3.8) is 0 Å². The summed E-state index contributed by atoms with van der Waals surface area (Å²) in [5.74, 6) is 0.445. The van der Waals surface area contributed by atoms with E-state index in [4.69, 9.17) is 9.72 Å². The van der Waals surface area contributed by atoms with E-state index in [-0.39, 0.29) is 18.4 Å². The van der Waals surface area contributed by atoms with Gasteiger partial charge in [-0.2, -0.15) is 0 Å². The molecule has 6 nitrogen and oxygen atoms in total. The van der Waals surface area contributed by atoms with Gasteiger partial charge >= 0.3 is 0 Å². The van der Waals surface area contributed by atoms with Crippen LogP contribution >= 0.6 is 0 Å². The second-order valence-corrected chi connectivity index (χ2v) is 7.61. The molecule has 0 saturated heterocycles. The molecule has 31 heavy (non-hydrogen) atoms. The number of fused-ring (bicyclic) bond motifs is 2. The molecule has 1 N–H and O–H groups in total. The third-order valence-corrected chi connectivity index (χ3v) is 5.62. The zero-order valence-corrected chi connectivity index (χ0v) is 17.9. The summed E-state index contributed by atoms with van der Waals surface area (Å²) in [5.41, 5.74) is 5.40. The highest BCUT2D eigenvalue weighted by Crippen LogP contribution is 2.38. The molecule has 0 unspecified atom stereocenters. The van der Waals surface area contributed by atoms with Crippen molar-refractivity contribution in [2.45, 2.75) is 12.8 Å². The Labute approximate surface area is 181 Å². The Morgan fingerprint density at radius 1 is 1.13 bits per heavy atom. The first kappa shape index (κ1) is 20.6. The summed E-state index contributed by atoms with van der Waals surface area (Å²) in [7, 11) is 4.87. The van der Waals surface area contributed by atoms with Gasteiger partial charge < -0.3 is 15.0 Å². The minimum absolute atomic E-state index is 0.00923. The Bertz CT molecular complexity index is 1180. The van der Waals surface area contributed by atoms with Gasteiger partial charge in [-0.25, -0.2) is 4.98 Å². The number of ether oxygens (including phenoxy) is 1. The normalized spacial score (nSPS) is 13.8. The average molecular weight is 415 g/mol. The van der Waals surface area contributed by atoms with E-state index in [9.17, 15) is 9.59 Å².